The molecule has 0 atom stereocenters. The molecule has 1 rings (SSSR count). The zero-order chi connectivity index (χ0) is 14.3. The number of rotatable bonds is 8. The molecule has 0 amide bonds. The minimum absolute atomic E-state index is 0.0638. The second kappa shape index (κ2) is 7.48. The lowest BCUT2D eigenvalue weighted by atomic mass is 10.2. The molecule has 0 bridgehead atoms. The largest absolute Gasteiger partial charge is 0.493 e. The predicted molar refractivity (Wildman–Crippen MR) is 73.1 cm³/mol. The molecule has 106 valence electrons. The minimum atomic E-state index is -0.831. The van der Waals surface area contributed by atoms with Crippen molar-refractivity contribution in [3.63, 3.8) is 0 Å². The lowest BCUT2D eigenvalue weighted by Crippen LogP contribution is -2.31. The van der Waals surface area contributed by atoms with Crippen LogP contribution in [0.1, 0.15) is 6.42 Å². The maximum absolute atomic E-state index is 10.7. The molecule has 3 N–H and O–H groups in total. The van der Waals surface area contributed by atoms with Gasteiger partial charge in [-0.15, -0.1) is 0 Å². The molecule has 0 unspecified atom stereocenters. The van der Waals surface area contributed by atoms with Gasteiger partial charge in [0.2, 0.25) is 0 Å². The van der Waals surface area contributed by atoms with Crippen molar-refractivity contribution < 1.29 is 19.4 Å². The summed E-state index contributed by atoms with van der Waals surface area (Å²) in [7, 11) is 3.13. The third-order valence-corrected chi connectivity index (χ3v) is 2.73. The molecule has 1 aromatic rings. The van der Waals surface area contributed by atoms with Crippen molar-refractivity contribution in [2.75, 3.05) is 38.8 Å². The van der Waals surface area contributed by atoms with Gasteiger partial charge >= 0.3 is 5.97 Å². The predicted octanol–water partition coefficient (Wildman–Crippen LogP) is 0.944. The molecular weight excluding hydrogens is 248 g/mol. The molecule has 0 aliphatic heterocycles. The van der Waals surface area contributed by atoms with E-state index in [1.54, 1.807) is 20.3 Å². The van der Waals surface area contributed by atoms with E-state index in [1.165, 1.54) is 0 Å². The number of hydrogen-bond donors (Lipinski definition) is 2. The number of nitrogens with zero attached hydrogens (tertiary/aromatic N) is 1. The molecule has 0 aliphatic carbocycles. The summed E-state index contributed by atoms with van der Waals surface area (Å²) in [6, 6.07) is 5.47. The molecule has 0 heterocycles. The fourth-order valence-corrected chi connectivity index (χ4v) is 1.78. The molecule has 6 heteroatoms. The zero-order valence-electron chi connectivity index (χ0n) is 11.3. The first kappa shape index (κ1) is 15.1. The van der Waals surface area contributed by atoms with Crippen LogP contribution >= 0.6 is 0 Å². The lowest BCUT2D eigenvalue weighted by molar-refractivity contribution is -0.136. The molecule has 0 saturated carbocycles. The highest BCUT2D eigenvalue weighted by Gasteiger charge is 2.11. The van der Waals surface area contributed by atoms with Gasteiger partial charge in [0.1, 0.15) is 0 Å². The van der Waals surface area contributed by atoms with Gasteiger partial charge in [-0.25, -0.2) is 0 Å². The zero-order valence-corrected chi connectivity index (χ0v) is 11.3. The van der Waals surface area contributed by atoms with Gasteiger partial charge < -0.3 is 25.2 Å². The summed E-state index contributed by atoms with van der Waals surface area (Å²) in [5.41, 5.74) is 6.42. The molecule has 19 heavy (non-hydrogen) atoms. The Bertz CT molecular complexity index is 423. The molecule has 6 nitrogen and oxygen atoms in total. The monoisotopic (exact) mass is 268 g/mol. The molecule has 1 aromatic carbocycles. The van der Waals surface area contributed by atoms with Gasteiger partial charge in [-0.1, -0.05) is 0 Å². The molecular formula is C13H20N2O4. The highest BCUT2D eigenvalue weighted by atomic mass is 16.5. The first-order valence-corrected chi connectivity index (χ1v) is 6.01. The number of aliphatic carboxylic acids is 1. The highest BCUT2D eigenvalue weighted by molar-refractivity contribution is 5.68. The topological polar surface area (TPSA) is 85.0 Å². The van der Waals surface area contributed by atoms with Crippen LogP contribution in [0.4, 0.5) is 5.69 Å². The van der Waals surface area contributed by atoms with Crippen LogP contribution < -0.4 is 20.1 Å². The van der Waals surface area contributed by atoms with E-state index in [4.69, 9.17) is 20.3 Å². The average molecular weight is 268 g/mol. The van der Waals surface area contributed by atoms with Crippen molar-refractivity contribution in [2.45, 2.75) is 6.42 Å². The van der Waals surface area contributed by atoms with Crippen molar-refractivity contribution in [2.24, 2.45) is 5.73 Å². The van der Waals surface area contributed by atoms with Crippen LogP contribution in [0.25, 0.3) is 0 Å². The summed E-state index contributed by atoms with van der Waals surface area (Å²) >= 11 is 0. The number of ether oxygens (including phenoxy) is 2. The number of methoxy groups -OCH3 is 2. The number of anilines is 1. The van der Waals surface area contributed by atoms with E-state index in [2.05, 4.69) is 0 Å². The van der Waals surface area contributed by atoms with Crippen LogP contribution in [0.2, 0.25) is 0 Å². The number of benzene rings is 1. The second-order valence-corrected chi connectivity index (χ2v) is 3.96. The Kier molecular flexibility index (Phi) is 5.95. The Morgan fingerprint density at radius 3 is 2.47 bits per heavy atom. The fraction of sp³-hybridized carbons (Fsp3) is 0.462. The first-order valence-electron chi connectivity index (χ1n) is 6.01. The van der Waals surface area contributed by atoms with Crippen molar-refractivity contribution in [1.82, 2.24) is 0 Å². The van der Waals surface area contributed by atoms with Crippen LogP contribution in [0.15, 0.2) is 18.2 Å². The number of carboxylic acids is 1. The lowest BCUT2D eigenvalue weighted by Gasteiger charge is -2.24. The Morgan fingerprint density at radius 1 is 1.26 bits per heavy atom. The van der Waals surface area contributed by atoms with E-state index in [0.717, 1.165) is 5.69 Å². The van der Waals surface area contributed by atoms with Crippen LogP contribution in [0, 0.1) is 0 Å². The Balaban J connectivity index is 2.91. The Labute approximate surface area is 112 Å². The second-order valence-electron chi connectivity index (χ2n) is 3.96. The van der Waals surface area contributed by atoms with Crippen molar-refractivity contribution in [1.29, 1.82) is 0 Å². The molecule has 0 radical (unpaired) electrons. The van der Waals surface area contributed by atoms with Gasteiger partial charge in [0.05, 0.1) is 20.6 Å². The van der Waals surface area contributed by atoms with Gasteiger partial charge in [0, 0.05) is 31.4 Å². The maximum atomic E-state index is 10.7. The van der Waals surface area contributed by atoms with Gasteiger partial charge in [-0.2, -0.15) is 0 Å². The standard InChI is InChI=1S/C13H20N2O4/c1-18-11-4-3-10(9-12(11)19-2)15(8-6-14)7-5-13(16)17/h3-4,9H,5-8,14H2,1-2H3,(H,16,17). The molecule has 0 aliphatic rings. The van der Waals surface area contributed by atoms with Gasteiger partial charge in [-0.3, -0.25) is 4.79 Å². The fourth-order valence-electron chi connectivity index (χ4n) is 1.78. The van der Waals surface area contributed by atoms with E-state index < -0.39 is 5.97 Å². The van der Waals surface area contributed by atoms with Crippen molar-refractivity contribution in [3.8, 4) is 11.5 Å². The number of carboxylic acid groups (broad SMARTS) is 1. The summed E-state index contributed by atoms with van der Waals surface area (Å²) in [6.07, 6.45) is 0.0638. The molecule has 0 spiro atoms. The molecule has 0 fully saturated rings. The first-order chi connectivity index (χ1) is 9.12. The third-order valence-electron chi connectivity index (χ3n) is 2.73. The van der Waals surface area contributed by atoms with E-state index in [9.17, 15) is 4.79 Å². The summed E-state index contributed by atoms with van der Waals surface area (Å²) < 4.78 is 10.4. The highest BCUT2D eigenvalue weighted by Crippen LogP contribution is 2.31. The third kappa shape index (κ3) is 4.33. The van der Waals surface area contributed by atoms with Crippen LogP contribution in [-0.2, 0) is 4.79 Å². The number of hydrogen-bond acceptors (Lipinski definition) is 5. The van der Waals surface area contributed by atoms with E-state index in [1.807, 2.05) is 17.0 Å². The van der Waals surface area contributed by atoms with Gasteiger partial charge in [0.15, 0.2) is 11.5 Å². The summed E-state index contributed by atoms with van der Waals surface area (Å²) in [6.45, 7) is 1.44. The van der Waals surface area contributed by atoms with E-state index in [0.29, 0.717) is 31.1 Å². The normalized spacial score (nSPS) is 10.1. The van der Waals surface area contributed by atoms with Crippen LogP contribution in [0.5, 0.6) is 11.5 Å². The average Bonchev–Trinajstić information content (AvgIpc) is 2.42. The Morgan fingerprint density at radius 2 is 1.95 bits per heavy atom. The maximum Gasteiger partial charge on any atom is 0.305 e. The quantitative estimate of drug-likeness (QED) is 0.730. The van der Waals surface area contributed by atoms with Crippen LogP contribution in [-0.4, -0.2) is 44.9 Å². The van der Waals surface area contributed by atoms with Gasteiger partial charge in [0.25, 0.3) is 0 Å². The summed E-state index contributed by atoms with van der Waals surface area (Å²) in [5.74, 6) is 0.414. The smallest absolute Gasteiger partial charge is 0.305 e. The van der Waals surface area contributed by atoms with Gasteiger partial charge in [-0.05, 0) is 12.1 Å². The van der Waals surface area contributed by atoms with E-state index >= 15 is 0 Å². The molecule has 0 aromatic heterocycles. The van der Waals surface area contributed by atoms with Crippen molar-refractivity contribution >= 4 is 11.7 Å². The SMILES string of the molecule is COc1ccc(N(CCN)CCC(=O)O)cc1OC. The summed E-state index contributed by atoms with van der Waals surface area (Å²) in [4.78, 5) is 12.6. The number of carbonyl (C=O) groups is 1. The van der Waals surface area contributed by atoms with E-state index in [-0.39, 0.29) is 6.42 Å². The van der Waals surface area contributed by atoms with Crippen molar-refractivity contribution in [3.05, 3.63) is 18.2 Å². The minimum Gasteiger partial charge on any atom is -0.493 e. The summed E-state index contributed by atoms with van der Waals surface area (Å²) in [5, 5.41) is 8.76. The number of nitrogens with two attached hydrogens (primary N) is 1. The molecule has 0 saturated heterocycles. The Hall–Kier alpha value is -1.95. The van der Waals surface area contributed by atoms with Crippen LogP contribution in [0.3, 0.4) is 0 Å².